The summed E-state index contributed by atoms with van der Waals surface area (Å²) in [6.45, 7) is 12.9. The second-order valence-electron chi connectivity index (χ2n) is 16.9. The van der Waals surface area contributed by atoms with Gasteiger partial charge in [0.25, 0.3) is 23.6 Å². The summed E-state index contributed by atoms with van der Waals surface area (Å²) in [7, 11) is 0. The second-order valence-corrected chi connectivity index (χ2v) is 17.3. The highest BCUT2D eigenvalue weighted by molar-refractivity contribution is 6.31. The highest BCUT2D eigenvalue weighted by Gasteiger charge is 2.64. The lowest BCUT2D eigenvalue weighted by Crippen LogP contribution is -2.74. The van der Waals surface area contributed by atoms with Crippen molar-refractivity contribution in [3.63, 3.8) is 0 Å². The largest absolute Gasteiger partial charge is 0.489 e. The topological polar surface area (TPSA) is 155 Å². The molecule has 3 aromatic rings. The number of imide groups is 1. The molecule has 4 heterocycles. The summed E-state index contributed by atoms with van der Waals surface area (Å²) in [6.07, 6.45) is 0.968. The number of anilines is 1. The van der Waals surface area contributed by atoms with Crippen LogP contribution in [0.4, 0.5) is 5.69 Å². The maximum atomic E-state index is 13.5. The van der Waals surface area contributed by atoms with Crippen molar-refractivity contribution in [1.29, 1.82) is 5.26 Å². The van der Waals surface area contributed by atoms with E-state index in [-0.39, 0.29) is 29.9 Å². The van der Waals surface area contributed by atoms with Crippen LogP contribution in [0.25, 0.3) is 0 Å². The first-order valence-corrected chi connectivity index (χ1v) is 19.9. The van der Waals surface area contributed by atoms with Crippen molar-refractivity contribution in [3.8, 4) is 11.8 Å². The summed E-state index contributed by atoms with van der Waals surface area (Å²) in [5.41, 5.74) is 2.12. The molecule has 4 aliphatic heterocycles. The fourth-order valence-corrected chi connectivity index (χ4v) is 9.89. The summed E-state index contributed by atoms with van der Waals surface area (Å²) >= 11 is 6.23. The van der Waals surface area contributed by atoms with Gasteiger partial charge in [-0.1, -0.05) is 39.3 Å². The van der Waals surface area contributed by atoms with Crippen LogP contribution in [0.15, 0.2) is 60.7 Å². The number of nitrogens with one attached hydrogen (secondary N) is 2. The average molecular weight is 792 g/mol. The van der Waals surface area contributed by atoms with Crippen molar-refractivity contribution in [1.82, 2.24) is 25.3 Å². The van der Waals surface area contributed by atoms with Crippen molar-refractivity contribution in [3.05, 3.63) is 93.5 Å². The van der Waals surface area contributed by atoms with E-state index in [4.69, 9.17) is 16.3 Å². The highest BCUT2D eigenvalue weighted by atomic mass is 35.5. The summed E-state index contributed by atoms with van der Waals surface area (Å²) in [5.74, 6) is -0.833. The number of ether oxygens (including phenoxy) is 1. The molecule has 0 radical (unpaired) electrons. The zero-order valence-electron chi connectivity index (χ0n) is 32.5. The van der Waals surface area contributed by atoms with Gasteiger partial charge in [-0.15, -0.1) is 0 Å². The molecule has 0 bridgehead atoms. The van der Waals surface area contributed by atoms with Gasteiger partial charge in [-0.3, -0.25) is 33.8 Å². The Morgan fingerprint density at radius 1 is 0.877 bits per heavy atom. The molecule has 0 spiro atoms. The van der Waals surface area contributed by atoms with Crippen molar-refractivity contribution < 1.29 is 28.7 Å². The Morgan fingerprint density at radius 3 is 2.19 bits per heavy atom. The number of hydrogen-bond acceptors (Lipinski definition) is 9. The molecule has 2 N–H and O–H groups in total. The fourth-order valence-electron chi connectivity index (χ4n) is 9.67. The minimum Gasteiger partial charge on any atom is -0.489 e. The summed E-state index contributed by atoms with van der Waals surface area (Å²) < 4.78 is 6.35. The van der Waals surface area contributed by atoms with Gasteiger partial charge in [0.1, 0.15) is 24.0 Å². The van der Waals surface area contributed by atoms with Crippen LogP contribution in [-0.2, 0) is 4.79 Å². The molecule has 13 nitrogen and oxygen atoms in total. The zero-order valence-corrected chi connectivity index (χ0v) is 33.3. The normalized spacial score (nSPS) is 24.2. The van der Waals surface area contributed by atoms with Crippen LogP contribution < -0.4 is 20.3 Å². The van der Waals surface area contributed by atoms with Crippen LogP contribution >= 0.6 is 11.6 Å². The molecule has 3 saturated heterocycles. The highest BCUT2D eigenvalue weighted by Crippen LogP contribution is 2.55. The van der Waals surface area contributed by atoms with Crippen LogP contribution in [0.2, 0.25) is 5.02 Å². The third-order valence-electron chi connectivity index (χ3n) is 12.6. The minimum atomic E-state index is -0.766. The van der Waals surface area contributed by atoms with E-state index in [1.54, 1.807) is 54.6 Å². The molecule has 1 unspecified atom stereocenters. The predicted molar refractivity (Wildman–Crippen MR) is 212 cm³/mol. The lowest BCUT2D eigenvalue weighted by molar-refractivity contribution is -0.164. The van der Waals surface area contributed by atoms with Crippen molar-refractivity contribution in [2.45, 2.75) is 64.8 Å². The monoisotopic (exact) mass is 791 g/mol. The molecule has 14 heteroatoms. The van der Waals surface area contributed by atoms with E-state index >= 15 is 0 Å². The van der Waals surface area contributed by atoms with Gasteiger partial charge >= 0.3 is 0 Å². The second kappa shape index (κ2) is 14.5. The van der Waals surface area contributed by atoms with Crippen LogP contribution in [0.3, 0.4) is 0 Å². The van der Waals surface area contributed by atoms with Crippen LogP contribution in [0, 0.1) is 22.2 Å². The number of nitrogens with zero attached hydrogens (tertiary/aromatic N) is 5. The van der Waals surface area contributed by atoms with Crippen molar-refractivity contribution in [2.24, 2.45) is 10.8 Å². The third kappa shape index (κ3) is 6.68. The SMILES string of the molecule is CC1(C)C(NC(=O)c2ccc(C(=O)N3CCN(C4CN(c5ccc6c(c5)C(=O)N(C5CCCNC5=O)C6=O)C4)CC3)cc2)C(C)(C)C1Oc1ccc(C#N)c(Cl)c1. The molecule has 0 aromatic heterocycles. The Labute approximate surface area is 336 Å². The molecule has 5 aliphatic rings. The van der Waals surface area contributed by atoms with Gasteiger partial charge < -0.3 is 25.2 Å². The Morgan fingerprint density at radius 2 is 1.54 bits per heavy atom. The number of fused-ring (bicyclic) bond motifs is 1. The quantitative estimate of drug-likeness (QED) is 0.317. The van der Waals surface area contributed by atoms with Crippen LogP contribution in [0.1, 0.15) is 87.5 Å². The van der Waals surface area contributed by atoms with E-state index < -0.39 is 28.7 Å². The molecule has 1 atom stereocenters. The molecule has 57 heavy (non-hydrogen) atoms. The fraction of sp³-hybridized carbons (Fsp3) is 0.442. The predicted octanol–water partition coefficient (Wildman–Crippen LogP) is 4.34. The van der Waals surface area contributed by atoms with Gasteiger partial charge in [0.15, 0.2) is 0 Å². The van der Waals surface area contributed by atoms with Gasteiger partial charge in [0.05, 0.1) is 21.7 Å². The number of halogens is 1. The van der Waals surface area contributed by atoms with Crippen molar-refractivity contribution in [2.75, 3.05) is 50.7 Å². The molecule has 1 aliphatic carbocycles. The van der Waals surface area contributed by atoms with Crippen LogP contribution in [-0.4, -0.2) is 114 Å². The number of hydrogen-bond donors (Lipinski definition) is 2. The first-order valence-electron chi connectivity index (χ1n) is 19.5. The van der Waals surface area contributed by atoms with Gasteiger partial charge in [-0.2, -0.15) is 5.26 Å². The molecule has 3 aromatic carbocycles. The third-order valence-corrected chi connectivity index (χ3v) is 13.0. The molecule has 8 rings (SSSR count). The lowest BCUT2D eigenvalue weighted by atomic mass is 9.49. The maximum absolute atomic E-state index is 13.5. The van der Waals surface area contributed by atoms with E-state index in [0.717, 1.165) is 43.2 Å². The van der Waals surface area contributed by atoms with E-state index in [9.17, 15) is 29.2 Å². The first kappa shape index (κ1) is 38.4. The van der Waals surface area contributed by atoms with E-state index in [0.29, 0.717) is 70.7 Å². The molecule has 4 fully saturated rings. The van der Waals surface area contributed by atoms with Crippen LogP contribution in [0.5, 0.6) is 5.75 Å². The van der Waals surface area contributed by atoms with Gasteiger partial charge in [0.2, 0.25) is 5.91 Å². The number of rotatable bonds is 8. The van der Waals surface area contributed by atoms with E-state index in [1.165, 1.54) is 0 Å². The molecule has 1 saturated carbocycles. The van der Waals surface area contributed by atoms with Gasteiger partial charge in [0, 0.05) is 91.6 Å². The standard InChI is InChI=1S/C43H46ClN7O6/c1-42(2)40(43(3,4)41(42)57-30-13-11-27(22-45)33(44)21-30)47-35(52)25-7-9-26(10-8-25)37(54)49-18-16-48(17-19-49)29-23-50(24-29)28-12-14-31-32(20-28)39(56)51(38(31)55)34-6-5-15-46-36(34)53/h7-14,20-21,29,34,40-41H,5-6,15-19,23-24H2,1-4H3,(H,46,53)(H,47,52). The van der Waals surface area contributed by atoms with Gasteiger partial charge in [-0.25, -0.2) is 0 Å². The van der Waals surface area contributed by atoms with Crippen molar-refractivity contribution >= 4 is 46.8 Å². The smallest absolute Gasteiger partial charge is 0.262 e. The Bertz CT molecular complexity index is 2190. The number of piperidine rings is 1. The summed E-state index contributed by atoms with van der Waals surface area (Å²) in [4.78, 5) is 73.3. The Balaban J connectivity index is 0.812. The minimum absolute atomic E-state index is 0.0712. The maximum Gasteiger partial charge on any atom is 0.262 e. The molecular formula is C43H46ClN7O6. The number of benzene rings is 3. The molecular weight excluding hydrogens is 746 g/mol. The molecule has 5 amide bonds. The summed E-state index contributed by atoms with van der Waals surface area (Å²) in [5, 5.41) is 15.5. The molecule has 296 valence electrons. The number of piperazine rings is 1. The van der Waals surface area contributed by atoms with E-state index in [2.05, 4.69) is 54.2 Å². The first-order chi connectivity index (χ1) is 27.2. The zero-order chi connectivity index (χ0) is 40.4. The number of carbonyl (C=O) groups excluding carboxylic acids is 5. The number of nitriles is 1. The summed E-state index contributed by atoms with van der Waals surface area (Å²) in [6, 6.07) is 18.6. The lowest BCUT2D eigenvalue weighted by Gasteiger charge is -2.63. The Kier molecular flexibility index (Phi) is 9.77. The van der Waals surface area contributed by atoms with E-state index in [1.807, 2.05) is 11.0 Å². The number of carbonyl (C=O) groups is 5. The van der Waals surface area contributed by atoms with Gasteiger partial charge in [-0.05, 0) is 67.4 Å². The number of amides is 5. The average Bonchev–Trinajstić information content (AvgIpc) is 3.43. The Hall–Kier alpha value is -5.45.